The van der Waals surface area contributed by atoms with Gasteiger partial charge in [-0.25, -0.2) is 22.0 Å². The Kier molecular flexibility index (Phi) is 36.1. The standard InChI is InChI=1S/C54H80F5N3O13/c1-3-4-5-6-7-8-9-10-11-12-46(63)44-14-13-43-40-45(16-15-42(43)39-44)62(2)41-47(64)60-17-19-66-21-23-68-25-27-70-29-31-72-33-35-74-37-38-75-36-34-73-32-30-71-28-26-69-24-22-67-20-18-61-54(65)48-49(55)51(57)53(59)52(58)50(48)56/h13-16,39-40H,3-12,17-38,41H2,1-2H3,(H,60,64)(H,61,65). The molecule has 0 saturated heterocycles. The number of ketones is 1. The molecule has 0 fully saturated rings. The van der Waals surface area contributed by atoms with Gasteiger partial charge in [0.25, 0.3) is 5.91 Å². The van der Waals surface area contributed by atoms with Gasteiger partial charge in [-0.15, -0.1) is 0 Å². The van der Waals surface area contributed by atoms with Crippen LogP contribution in [-0.2, 0) is 52.2 Å². The predicted octanol–water partition coefficient (Wildman–Crippen LogP) is 7.79. The zero-order chi connectivity index (χ0) is 54.1. The summed E-state index contributed by atoms with van der Waals surface area (Å²) in [6.07, 6.45) is 11.6. The summed E-state index contributed by atoms with van der Waals surface area (Å²) in [6.45, 7) is 9.53. The molecule has 2 amide bonds. The lowest BCUT2D eigenvalue weighted by atomic mass is 10.00. The minimum Gasteiger partial charge on any atom is -0.377 e. The van der Waals surface area contributed by atoms with E-state index in [1.807, 2.05) is 53.7 Å². The molecule has 3 aromatic rings. The van der Waals surface area contributed by atoms with Crippen molar-refractivity contribution >= 4 is 34.1 Å². The second kappa shape index (κ2) is 41.7. The summed E-state index contributed by atoms with van der Waals surface area (Å²) in [5.41, 5.74) is 0.113. The molecule has 0 unspecified atom stereocenters. The predicted molar refractivity (Wildman–Crippen MR) is 273 cm³/mol. The Morgan fingerprint density at radius 2 is 0.800 bits per heavy atom. The number of ether oxygens (including phenoxy) is 10. The summed E-state index contributed by atoms with van der Waals surface area (Å²) < 4.78 is 122. The molecule has 0 spiro atoms. The van der Waals surface area contributed by atoms with Crippen molar-refractivity contribution in [2.75, 3.05) is 164 Å². The van der Waals surface area contributed by atoms with Gasteiger partial charge < -0.3 is 62.9 Å². The van der Waals surface area contributed by atoms with Gasteiger partial charge in [-0.1, -0.05) is 76.5 Å². The normalized spacial score (nSPS) is 11.5. The number of nitrogens with zero attached hydrogens (tertiary/aromatic N) is 1. The fourth-order valence-corrected chi connectivity index (χ4v) is 7.22. The number of likely N-dealkylation sites (N-methyl/N-ethyl adjacent to an activating group) is 1. The molecule has 16 nitrogen and oxygen atoms in total. The van der Waals surface area contributed by atoms with Gasteiger partial charge in [-0.05, 0) is 35.4 Å². The number of fused-ring (bicyclic) bond motifs is 1. The number of hydrogen-bond donors (Lipinski definition) is 2. The second-order valence-electron chi connectivity index (χ2n) is 17.3. The number of anilines is 1. The van der Waals surface area contributed by atoms with Crippen LogP contribution in [-0.4, -0.2) is 176 Å². The molecule has 0 saturated carbocycles. The maximum atomic E-state index is 13.7. The Balaban J connectivity index is 0.994. The molecule has 424 valence electrons. The van der Waals surface area contributed by atoms with Gasteiger partial charge in [0.1, 0.15) is 5.56 Å². The summed E-state index contributed by atoms with van der Waals surface area (Å²) >= 11 is 0. The summed E-state index contributed by atoms with van der Waals surface area (Å²) in [4.78, 5) is 39.2. The molecular formula is C54H80F5N3O13. The number of halogens is 5. The van der Waals surface area contributed by atoms with E-state index in [2.05, 4.69) is 12.2 Å². The SMILES string of the molecule is CCCCCCCCCCCC(=O)c1ccc2cc(N(C)CC(=O)NCCOCCOCCOCCOCCOCCOCCOCCOCCOCCOCCNC(=O)c3c(F)c(F)c(F)c(F)c3F)ccc2c1. The van der Waals surface area contributed by atoms with Crippen LogP contribution in [0, 0.1) is 29.1 Å². The Morgan fingerprint density at radius 3 is 1.24 bits per heavy atom. The number of unbranched alkanes of at least 4 members (excludes halogenated alkanes) is 8. The number of rotatable bonds is 48. The van der Waals surface area contributed by atoms with E-state index in [1.165, 1.54) is 44.9 Å². The summed E-state index contributed by atoms with van der Waals surface area (Å²) in [5, 5.41) is 6.96. The molecule has 2 N–H and O–H groups in total. The third-order valence-electron chi connectivity index (χ3n) is 11.4. The van der Waals surface area contributed by atoms with Gasteiger partial charge in [-0.3, -0.25) is 14.4 Å². The third-order valence-corrected chi connectivity index (χ3v) is 11.4. The van der Waals surface area contributed by atoms with Crippen molar-refractivity contribution in [3.8, 4) is 0 Å². The first kappa shape index (κ1) is 64.9. The number of benzene rings is 3. The van der Waals surface area contributed by atoms with Gasteiger partial charge in [0.15, 0.2) is 29.1 Å². The lowest BCUT2D eigenvalue weighted by Crippen LogP contribution is -2.36. The number of Topliss-reactive ketones (excluding diaryl/α,β-unsaturated/α-hetero) is 1. The first-order valence-corrected chi connectivity index (χ1v) is 26.2. The third kappa shape index (κ3) is 28.5. The van der Waals surface area contributed by atoms with E-state index in [0.717, 1.165) is 34.9 Å². The minimum absolute atomic E-state index is 0.0870. The zero-order valence-electron chi connectivity index (χ0n) is 43.9. The molecule has 3 rings (SSSR count). The second-order valence-corrected chi connectivity index (χ2v) is 17.3. The van der Waals surface area contributed by atoms with Crippen LogP contribution in [0.25, 0.3) is 10.8 Å². The quantitative estimate of drug-likeness (QED) is 0.0185. The van der Waals surface area contributed by atoms with Gasteiger partial charge >= 0.3 is 0 Å². The average molecular weight is 1070 g/mol. The average Bonchev–Trinajstić information content (AvgIpc) is 3.41. The number of carbonyl (C=O) groups excluding carboxylic acids is 3. The minimum atomic E-state index is -2.34. The maximum Gasteiger partial charge on any atom is 0.257 e. The molecule has 0 bridgehead atoms. The molecule has 3 aromatic carbocycles. The van der Waals surface area contributed by atoms with E-state index < -0.39 is 40.6 Å². The van der Waals surface area contributed by atoms with Crippen molar-refractivity contribution in [1.29, 1.82) is 0 Å². The highest BCUT2D eigenvalue weighted by Gasteiger charge is 2.29. The number of hydrogen-bond acceptors (Lipinski definition) is 14. The molecule has 0 aliphatic heterocycles. The first-order valence-electron chi connectivity index (χ1n) is 26.2. The van der Waals surface area contributed by atoms with Crippen LogP contribution >= 0.6 is 0 Å². The van der Waals surface area contributed by atoms with Crippen LogP contribution < -0.4 is 15.5 Å². The van der Waals surface area contributed by atoms with Gasteiger partial charge in [-0.2, -0.15) is 0 Å². The lowest BCUT2D eigenvalue weighted by Gasteiger charge is -2.19. The monoisotopic (exact) mass is 1070 g/mol. The van der Waals surface area contributed by atoms with Crippen LogP contribution in [0.5, 0.6) is 0 Å². The molecule has 75 heavy (non-hydrogen) atoms. The summed E-state index contributed by atoms with van der Waals surface area (Å²) in [7, 11) is 1.88. The number of carbonyl (C=O) groups is 3. The molecular weight excluding hydrogens is 994 g/mol. The molecule has 0 radical (unpaired) electrons. The number of nitrogens with one attached hydrogen (secondary N) is 2. The Hall–Kier alpha value is -4.42. The molecule has 21 heteroatoms. The topological polar surface area (TPSA) is 171 Å². The molecule has 0 heterocycles. The molecule has 0 aromatic heterocycles. The Labute approximate surface area is 438 Å². The van der Waals surface area contributed by atoms with Crippen molar-refractivity contribution in [1.82, 2.24) is 10.6 Å². The van der Waals surface area contributed by atoms with Crippen LogP contribution in [0.1, 0.15) is 91.8 Å². The van der Waals surface area contributed by atoms with Gasteiger partial charge in [0.2, 0.25) is 11.7 Å². The zero-order valence-corrected chi connectivity index (χ0v) is 43.9. The largest absolute Gasteiger partial charge is 0.377 e. The highest BCUT2D eigenvalue weighted by molar-refractivity contribution is 6.00. The maximum absolute atomic E-state index is 13.7. The van der Waals surface area contributed by atoms with E-state index in [9.17, 15) is 36.3 Å². The molecule has 0 aliphatic carbocycles. The first-order chi connectivity index (χ1) is 36.5. The fraction of sp³-hybridized carbons (Fsp3) is 0.648. The molecule has 0 aliphatic rings. The smallest absolute Gasteiger partial charge is 0.257 e. The summed E-state index contributed by atoms with van der Waals surface area (Å²) in [6, 6.07) is 11.9. The highest BCUT2D eigenvalue weighted by atomic mass is 19.2. The van der Waals surface area contributed by atoms with Crippen LogP contribution in [0.3, 0.4) is 0 Å². The Morgan fingerprint density at radius 1 is 0.440 bits per heavy atom. The van der Waals surface area contributed by atoms with Crippen molar-refractivity contribution in [2.24, 2.45) is 0 Å². The van der Waals surface area contributed by atoms with E-state index in [4.69, 9.17) is 47.4 Å². The van der Waals surface area contributed by atoms with Gasteiger partial charge in [0.05, 0.1) is 139 Å². The van der Waals surface area contributed by atoms with E-state index in [0.29, 0.717) is 119 Å². The van der Waals surface area contributed by atoms with E-state index in [1.54, 1.807) is 0 Å². The Bertz CT molecular complexity index is 2010. The van der Waals surface area contributed by atoms with E-state index >= 15 is 0 Å². The molecule has 0 atom stereocenters. The van der Waals surface area contributed by atoms with Crippen molar-refractivity contribution in [3.05, 3.63) is 76.6 Å². The fourth-order valence-electron chi connectivity index (χ4n) is 7.22. The van der Waals surface area contributed by atoms with Crippen molar-refractivity contribution in [2.45, 2.75) is 71.1 Å². The summed E-state index contributed by atoms with van der Waals surface area (Å²) in [5.74, 6) is -12.5. The van der Waals surface area contributed by atoms with Crippen molar-refractivity contribution < 1.29 is 83.7 Å². The number of amides is 2. The highest BCUT2D eigenvalue weighted by Crippen LogP contribution is 2.25. The van der Waals surface area contributed by atoms with Crippen LogP contribution in [0.15, 0.2) is 36.4 Å². The van der Waals surface area contributed by atoms with Crippen LogP contribution in [0.4, 0.5) is 27.6 Å². The van der Waals surface area contributed by atoms with Crippen LogP contribution in [0.2, 0.25) is 0 Å². The van der Waals surface area contributed by atoms with E-state index in [-0.39, 0.29) is 51.2 Å². The van der Waals surface area contributed by atoms with Crippen molar-refractivity contribution in [3.63, 3.8) is 0 Å². The van der Waals surface area contributed by atoms with Gasteiger partial charge in [0, 0.05) is 37.8 Å². The lowest BCUT2D eigenvalue weighted by molar-refractivity contribution is -0.120.